The molecule has 2 heterocycles. The highest BCUT2D eigenvalue weighted by Crippen LogP contribution is 2.46. The topological polar surface area (TPSA) is 85.4 Å². The van der Waals surface area contributed by atoms with Gasteiger partial charge in [-0.15, -0.1) is 0 Å². The Morgan fingerprint density at radius 3 is 2.46 bits per heavy atom. The number of amides is 1. The fourth-order valence-electron chi connectivity index (χ4n) is 4.28. The summed E-state index contributed by atoms with van der Waals surface area (Å²) in [6, 6.07) is 4.98. The van der Waals surface area contributed by atoms with E-state index >= 15 is 0 Å². The predicted octanol–water partition coefficient (Wildman–Crippen LogP) is 4.17. The predicted molar refractivity (Wildman–Crippen MR) is 143 cm³/mol. The number of halogens is 1. The van der Waals surface area contributed by atoms with Gasteiger partial charge in [0.15, 0.2) is 8.32 Å². The molecule has 3 rings (SSSR count). The third-order valence-electron chi connectivity index (χ3n) is 7.26. The van der Waals surface area contributed by atoms with Crippen LogP contribution in [0, 0.1) is 0 Å². The summed E-state index contributed by atoms with van der Waals surface area (Å²) < 4.78 is 43.2. The van der Waals surface area contributed by atoms with E-state index in [0.717, 1.165) is 16.3 Å². The van der Waals surface area contributed by atoms with E-state index in [2.05, 4.69) is 54.7 Å². The fraction of sp³-hybridized carbons (Fsp3) is 0.708. The number of fused-ring (bicyclic) bond motifs is 1. The van der Waals surface area contributed by atoms with Gasteiger partial charge in [0.2, 0.25) is 5.91 Å². The first kappa shape index (κ1) is 28.6. The maximum atomic E-state index is 13.4. The molecule has 198 valence electrons. The van der Waals surface area contributed by atoms with E-state index in [1.54, 1.807) is 18.7 Å². The zero-order chi connectivity index (χ0) is 26.4. The van der Waals surface area contributed by atoms with Crippen LogP contribution in [0.3, 0.4) is 0 Å². The van der Waals surface area contributed by atoms with Crippen LogP contribution >= 0.6 is 15.9 Å². The molecule has 0 saturated carbocycles. The van der Waals surface area contributed by atoms with Crippen molar-refractivity contribution in [1.29, 1.82) is 0 Å². The number of nitrogens with zero attached hydrogens (tertiary/aromatic N) is 2. The molecule has 8 nitrogen and oxygen atoms in total. The quantitative estimate of drug-likeness (QED) is 0.348. The lowest BCUT2D eigenvalue weighted by atomic mass is 9.85. The number of piperazine rings is 1. The van der Waals surface area contributed by atoms with Crippen LogP contribution in [-0.4, -0.2) is 83.2 Å². The third kappa shape index (κ3) is 6.67. The zero-order valence-corrected chi connectivity index (χ0v) is 25.5. The van der Waals surface area contributed by atoms with Crippen LogP contribution in [0.1, 0.15) is 46.2 Å². The second kappa shape index (κ2) is 10.1. The highest BCUT2D eigenvalue weighted by Gasteiger charge is 2.50. The molecule has 1 aromatic carbocycles. The molecule has 1 saturated heterocycles. The Morgan fingerprint density at radius 1 is 1.23 bits per heavy atom. The van der Waals surface area contributed by atoms with Gasteiger partial charge in [0.25, 0.3) is 10.1 Å². The normalized spacial score (nSPS) is 23.7. The molecular formula is C24H39BrN2O6SSi. The van der Waals surface area contributed by atoms with Crippen molar-refractivity contribution < 1.29 is 26.6 Å². The van der Waals surface area contributed by atoms with Gasteiger partial charge >= 0.3 is 0 Å². The van der Waals surface area contributed by atoms with E-state index in [0.29, 0.717) is 32.0 Å². The summed E-state index contributed by atoms with van der Waals surface area (Å²) in [5.74, 6) is 0.550. The summed E-state index contributed by atoms with van der Waals surface area (Å²) in [6.07, 6.45) is 0.135. The fourth-order valence-corrected chi connectivity index (χ4v) is 6.41. The van der Waals surface area contributed by atoms with Gasteiger partial charge in [0.1, 0.15) is 17.5 Å². The molecule has 0 bridgehead atoms. The number of hydrogen-bond donors (Lipinski definition) is 0. The molecule has 0 aliphatic carbocycles. The zero-order valence-electron chi connectivity index (χ0n) is 22.1. The maximum Gasteiger partial charge on any atom is 0.264 e. The molecule has 1 fully saturated rings. The van der Waals surface area contributed by atoms with Gasteiger partial charge in [-0.2, -0.15) is 8.42 Å². The van der Waals surface area contributed by atoms with Crippen LogP contribution in [0.4, 0.5) is 0 Å². The molecule has 0 unspecified atom stereocenters. The third-order valence-corrected chi connectivity index (χ3v) is 12.9. The van der Waals surface area contributed by atoms with E-state index in [-0.39, 0.29) is 17.5 Å². The van der Waals surface area contributed by atoms with Crippen molar-refractivity contribution in [2.75, 3.05) is 39.0 Å². The van der Waals surface area contributed by atoms with Crippen LogP contribution in [0.15, 0.2) is 22.7 Å². The first-order valence-corrected chi connectivity index (χ1v) is 17.5. The highest BCUT2D eigenvalue weighted by atomic mass is 79.9. The summed E-state index contributed by atoms with van der Waals surface area (Å²) in [6.45, 7) is 17.3. The minimum atomic E-state index is -3.80. The number of carbonyl (C=O) groups excluding carboxylic acids is 1. The molecule has 11 heteroatoms. The van der Waals surface area contributed by atoms with Crippen LogP contribution in [0.25, 0.3) is 0 Å². The molecule has 0 N–H and O–H groups in total. The first-order chi connectivity index (χ1) is 15.9. The highest BCUT2D eigenvalue weighted by molar-refractivity contribution is 9.10. The number of carbonyl (C=O) groups is 1. The Labute approximate surface area is 219 Å². The molecule has 0 aromatic heterocycles. The van der Waals surface area contributed by atoms with Gasteiger partial charge in [-0.1, -0.05) is 36.7 Å². The molecule has 2 aliphatic heterocycles. The maximum absolute atomic E-state index is 13.4. The Balaban J connectivity index is 1.81. The van der Waals surface area contributed by atoms with Crippen molar-refractivity contribution in [3.8, 4) is 5.75 Å². The van der Waals surface area contributed by atoms with Crippen molar-refractivity contribution in [1.82, 2.24) is 9.80 Å². The van der Waals surface area contributed by atoms with E-state index in [9.17, 15) is 13.2 Å². The molecule has 1 aromatic rings. The Kier molecular flexibility index (Phi) is 8.21. The Morgan fingerprint density at radius 2 is 1.89 bits per heavy atom. The summed E-state index contributed by atoms with van der Waals surface area (Å²) in [5, 5.41) is 0.133. The number of hydrogen-bond acceptors (Lipinski definition) is 7. The van der Waals surface area contributed by atoms with Crippen molar-refractivity contribution in [2.24, 2.45) is 0 Å². The summed E-state index contributed by atoms with van der Waals surface area (Å²) in [4.78, 5) is 17.3. The van der Waals surface area contributed by atoms with Crippen molar-refractivity contribution >= 4 is 40.3 Å². The standard InChI is InChI=1S/C24H39BrN2O6SSi/c1-23(2,3)35(7,8)31-14-13-26-11-12-27(20(28)16-26)21-18-15-17(25)9-10-19(18)32-24(4,5)22(21)33-34(6,29)30/h9-10,15,21-22H,11-14,16H2,1-8H3/t21-,22+/m1/s1. The van der Waals surface area contributed by atoms with Gasteiger partial charge < -0.3 is 14.1 Å². The van der Waals surface area contributed by atoms with E-state index in [1.165, 1.54) is 0 Å². The molecule has 2 aliphatic rings. The lowest BCUT2D eigenvalue weighted by molar-refractivity contribution is -0.148. The number of rotatable bonds is 7. The average Bonchev–Trinajstić information content (AvgIpc) is 2.68. The summed E-state index contributed by atoms with van der Waals surface area (Å²) in [5.41, 5.74) is -0.237. The van der Waals surface area contributed by atoms with Crippen molar-refractivity contribution in [2.45, 2.75) is 70.5 Å². The summed E-state index contributed by atoms with van der Waals surface area (Å²) >= 11 is 3.50. The lowest BCUT2D eigenvalue weighted by Gasteiger charge is -2.49. The van der Waals surface area contributed by atoms with Crippen LogP contribution in [-0.2, 0) is 23.5 Å². The average molecular weight is 592 g/mol. The largest absolute Gasteiger partial charge is 0.485 e. The van der Waals surface area contributed by atoms with Gasteiger partial charge in [0.05, 0.1) is 18.8 Å². The minimum absolute atomic E-state index is 0.0701. The van der Waals surface area contributed by atoms with Gasteiger partial charge in [-0.05, 0) is 50.2 Å². The van der Waals surface area contributed by atoms with Gasteiger partial charge in [0, 0.05) is 36.3 Å². The second-order valence-electron chi connectivity index (χ2n) is 11.5. The number of benzene rings is 1. The van der Waals surface area contributed by atoms with Gasteiger partial charge in [-0.25, -0.2) is 0 Å². The second-order valence-corrected chi connectivity index (χ2v) is 18.9. The molecule has 0 radical (unpaired) electrons. The Bertz CT molecular complexity index is 1060. The molecular weight excluding hydrogens is 552 g/mol. The molecule has 35 heavy (non-hydrogen) atoms. The smallest absolute Gasteiger partial charge is 0.264 e. The van der Waals surface area contributed by atoms with Crippen molar-refractivity contribution in [3.63, 3.8) is 0 Å². The molecule has 0 spiro atoms. The van der Waals surface area contributed by atoms with Crippen LogP contribution in [0.2, 0.25) is 18.1 Å². The van der Waals surface area contributed by atoms with Crippen LogP contribution < -0.4 is 4.74 Å². The first-order valence-electron chi connectivity index (χ1n) is 11.9. The Hall–Kier alpha value is -0.983. The number of ether oxygens (including phenoxy) is 1. The summed E-state index contributed by atoms with van der Waals surface area (Å²) in [7, 11) is -5.65. The SMILES string of the molecule is CC1(C)Oc2ccc(Br)cc2[C@@H](N2CCN(CCO[Si](C)(C)C(C)(C)C)CC2=O)[C@@H]1OS(C)(=O)=O. The van der Waals surface area contributed by atoms with Gasteiger partial charge in [-0.3, -0.25) is 13.9 Å². The minimum Gasteiger partial charge on any atom is -0.485 e. The van der Waals surface area contributed by atoms with E-state index in [1.807, 2.05) is 18.2 Å². The van der Waals surface area contributed by atoms with Crippen molar-refractivity contribution in [3.05, 3.63) is 28.2 Å². The van der Waals surface area contributed by atoms with E-state index < -0.39 is 36.2 Å². The molecule has 2 atom stereocenters. The van der Waals surface area contributed by atoms with E-state index in [4.69, 9.17) is 13.3 Å². The van der Waals surface area contributed by atoms with Crippen LogP contribution in [0.5, 0.6) is 5.75 Å². The lowest BCUT2D eigenvalue weighted by Crippen LogP contribution is -2.60. The monoisotopic (exact) mass is 590 g/mol. The molecule has 1 amide bonds.